The van der Waals surface area contributed by atoms with E-state index in [2.05, 4.69) is 36.0 Å². The highest BCUT2D eigenvalue weighted by Gasteiger charge is 2.17. The Morgan fingerprint density at radius 2 is 2.10 bits per heavy atom. The Hall–Kier alpha value is -1.32. The minimum atomic E-state index is 0.704. The topological polar surface area (TPSA) is 15.7 Å². The molecular formula is C18H28N2O. The first-order valence-corrected chi connectivity index (χ1v) is 7.95. The highest BCUT2D eigenvalue weighted by Crippen LogP contribution is 2.17. The summed E-state index contributed by atoms with van der Waals surface area (Å²) in [7, 11) is 4.22. The van der Waals surface area contributed by atoms with E-state index in [1.54, 1.807) is 0 Å². The molecular weight excluding hydrogens is 260 g/mol. The van der Waals surface area contributed by atoms with Crippen LogP contribution in [0.5, 0.6) is 5.75 Å². The Bertz CT molecular complexity index is 416. The van der Waals surface area contributed by atoms with Crippen LogP contribution in [-0.2, 0) is 0 Å². The van der Waals surface area contributed by atoms with Gasteiger partial charge in [-0.25, -0.2) is 0 Å². The van der Waals surface area contributed by atoms with Crippen molar-refractivity contribution in [2.75, 3.05) is 46.9 Å². The molecule has 0 radical (unpaired) electrons. The molecule has 2 rings (SSSR count). The van der Waals surface area contributed by atoms with Gasteiger partial charge in [0.25, 0.3) is 0 Å². The molecule has 0 spiro atoms. The van der Waals surface area contributed by atoms with Crippen LogP contribution in [0.1, 0.15) is 12.8 Å². The fourth-order valence-electron chi connectivity index (χ4n) is 2.72. The minimum Gasteiger partial charge on any atom is -0.492 e. The first-order valence-electron chi connectivity index (χ1n) is 7.95. The van der Waals surface area contributed by atoms with Gasteiger partial charge >= 0.3 is 0 Å². The van der Waals surface area contributed by atoms with Crippen molar-refractivity contribution >= 4 is 0 Å². The number of hydrogen-bond donors (Lipinski definition) is 0. The van der Waals surface area contributed by atoms with Gasteiger partial charge in [0, 0.05) is 19.6 Å². The van der Waals surface area contributed by atoms with E-state index in [0.717, 1.165) is 25.4 Å². The number of para-hydroxylation sites is 1. The van der Waals surface area contributed by atoms with Crippen molar-refractivity contribution in [1.82, 2.24) is 9.80 Å². The molecule has 0 amide bonds. The molecule has 1 aliphatic rings. The van der Waals surface area contributed by atoms with Crippen LogP contribution < -0.4 is 4.74 Å². The van der Waals surface area contributed by atoms with Crippen molar-refractivity contribution in [2.24, 2.45) is 5.92 Å². The molecule has 1 heterocycles. The average molecular weight is 288 g/mol. The first kappa shape index (κ1) is 16.1. The Morgan fingerprint density at radius 1 is 1.29 bits per heavy atom. The summed E-state index contributed by atoms with van der Waals surface area (Å²) < 4.78 is 5.79. The summed E-state index contributed by atoms with van der Waals surface area (Å²) in [6.45, 7) is 5.21. The number of likely N-dealkylation sites (tertiary alicyclic amines) is 1. The predicted molar refractivity (Wildman–Crippen MR) is 88.8 cm³/mol. The monoisotopic (exact) mass is 288 g/mol. The molecule has 1 aliphatic heterocycles. The number of hydrogen-bond acceptors (Lipinski definition) is 3. The summed E-state index contributed by atoms with van der Waals surface area (Å²) in [4.78, 5) is 4.72. The van der Waals surface area contributed by atoms with E-state index in [1.807, 2.05) is 30.3 Å². The molecule has 3 nitrogen and oxygen atoms in total. The number of likely N-dealkylation sites (N-methyl/N-ethyl adjacent to an activating group) is 1. The second kappa shape index (κ2) is 8.85. The van der Waals surface area contributed by atoms with E-state index >= 15 is 0 Å². The SMILES string of the molecule is CN(C)C/C=C/C1CCCN(CCOc2ccccc2)C1. The maximum absolute atomic E-state index is 5.79. The molecule has 3 heteroatoms. The van der Waals surface area contributed by atoms with Gasteiger partial charge < -0.3 is 9.64 Å². The quantitative estimate of drug-likeness (QED) is 0.718. The van der Waals surface area contributed by atoms with Crippen LogP contribution in [0.4, 0.5) is 0 Å². The fraction of sp³-hybridized carbons (Fsp3) is 0.556. The third-order valence-corrected chi connectivity index (χ3v) is 3.84. The van der Waals surface area contributed by atoms with Gasteiger partial charge in [-0.3, -0.25) is 4.90 Å². The minimum absolute atomic E-state index is 0.704. The summed E-state index contributed by atoms with van der Waals surface area (Å²) >= 11 is 0. The van der Waals surface area contributed by atoms with Crippen LogP contribution in [0.2, 0.25) is 0 Å². The lowest BCUT2D eigenvalue weighted by Crippen LogP contribution is -2.37. The molecule has 0 aliphatic carbocycles. The van der Waals surface area contributed by atoms with Gasteiger partial charge in [0.2, 0.25) is 0 Å². The van der Waals surface area contributed by atoms with Crippen LogP contribution in [0.25, 0.3) is 0 Å². The lowest BCUT2D eigenvalue weighted by molar-refractivity contribution is 0.162. The van der Waals surface area contributed by atoms with E-state index in [4.69, 9.17) is 4.74 Å². The van der Waals surface area contributed by atoms with Crippen LogP contribution in [-0.4, -0.2) is 56.7 Å². The second-order valence-electron chi connectivity index (χ2n) is 6.05. The molecule has 1 unspecified atom stereocenters. The summed E-state index contributed by atoms with van der Waals surface area (Å²) in [5, 5.41) is 0. The maximum Gasteiger partial charge on any atom is 0.119 e. The van der Waals surface area contributed by atoms with Crippen molar-refractivity contribution in [3.8, 4) is 5.75 Å². The van der Waals surface area contributed by atoms with E-state index in [1.165, 1.54) is 25.9 Å². The molecule has 21 heavy (non-hydrogen) atoms. The predicted octanol–water partition coefficient (Wildman–Crippen LogP) is 2.90. The zero-order valence-corrected chi connectivity index (χ0v) is 13.4. The molecule has 1 saturated heterocycles. The summed E-state index contributed by atoms with van der Waals surface area (Å²) in [5.41, 5.74) is 0. The van der Waals surface area contributed by atoms with Gasteiger partial charge in [-0.05, 0) is 51.5 Å². The lowest BCUT2D eigenvalue weighted by atomic mass is 9.97. The lowest BCUT2D eigenvalue weighted by Gasteiger charge is -2.31. The highest BCUT2D eigenvalue weighted by molar-refractivity contribution is 5.20. The fourth-order valence-corrected chi connectivity index (χ4v) is 2.72. The van der Waals surface area contributed by atoms with Gasteiger partial charge in [-0.2, -0.15) is 0 Å². The number of piperidine rings is 1. The number of benzene rings is 1. The Balaban J connectivity index is 1.68. The maximum atomic E-state index is 5.79. The molecule has 1 aromatic carbocycles. The molecule has 1 aromatic rings. The van der Waals surface area contributed by atoms with Gasteiger partial charge in [0.1, 0.15) is 12.4 Å². The normalized spacial score (nSPS) is 20.2. The van der Waals surface area contributed by atoms with Crippen molar-refractivity contribution in [3.05, 3.63) is 42.5 Å². The molecule has 0 N–H and O–H groups in total. The molecule has 1 fully saturated rings. The number of ether oxygens (including phenoxy) is 1. The van der Waals surface area contributed by atoms with Crippen LogP contribution in [0, 0.1) is 5.92 Å². The molecule has 1 atom stereocenters. The molecule has 0 saturated carbocycles. The Kier molecular flexibility index (Phi) is 6.77. The summed E-state index contributed by atoms with van der Waals surface area (Å²) in [6, 6.07) is 10.1. The van der Waals surface area contributed by atoms with Crippen LogP contribution >= 0.6 is 0 Å². The van der Waals surface area contributed by atoms with E-state index < -0.39 is 0 Å². The summed E-state index contributed by atoms with van der Waals surface area (Å²) in [6.07, 6.45) is 7.31. The number of rotatable bonds is 7. The standard InChI is InChI=1S/C18H28N2O/c1-19(2)12-6-8-17-9-7-13-20(16-17)14-15-21-18-10-4-3-5-11-18/h3-6,8,10-11,17H,7,9,12-16H2,1-2H3/b8-6+. The third kappa shape index (κ3) is 6.32. The number of nitrogens with zero attached hydrogens (tertiary/aromatic N) is 2. The molecule has 0 aromatic heterocycles. The second-order valence-corrected chi connectivity index (χ2v) is 6.05. The zero-order valence-electron chi connectivity index (χ0n) is 13.4. The van der Waals surface area contributed by atoms with Gasteiger partial charge in [-0.15, -0.1) is 0 Å². The van der Waals surface area contributed by atoms with Crippen molar-refractivity contribution in [1.29, 1.82) is 0 Å². The third-order valence-electron chi connectivity index (χ3n) is 3.84. The zero-order chi connectivity index (χ0) is 14.9. The first-order chi connectivity index (χ1) is 10.2. The van der Waals surface area contributed by atoms with Gasteiger partial charge in [0.15, 0.2) is 0 Å². The van der Waals surface area contributed by atoms with Gasteiger partial charge in [0.05, 0.1) is 0 Å². The smallest absolute Gasteiger partial charge is 0.119 e. The molecule has 0 bridgehead atoms. The van der Waals surface area contributed by atoms with E-state index in [9.17, 15) is 0 Å². The van der Waals surface area contributed by atoms with Gasteiger partial charge in [-0.1, -0.05) is 30.4 Å². The van der Waals surface area contributed by atoms with Crippen molar-refractivity contribution in [3.63, 3.8) is 0 Å². The van der Waals surface area contributed by atoms with E-state index in [-0.39, 0.29) is 0 Å². The van der Waals surface area contributed by atoms with E-state index in [0.29, 0.717) is 5.92 Å². The Morgan fingerprint density at radius 3 is 2.86 bits per heavy atom. The Labute approximate surface area is 129 Å². The average Bonchev–Trinajstić information content (AvgIpc) is 2.48. The largest absolute Gasteiger partial charge is 0.492 e. The van der Waals surface area contributed by atoms with Crippen molar-refractivity contribution in [2.45, 2.75) is 12.8 Å². The van der Waals surface area contributed by atoms with Crippen LogP contribution in [0.15, 0.2) is 42.5 Å². The van der Waals surface area contributed by atoms with Crippen molar-refractivity contribution < 1.29 is 4.74 Å². The van der Waals surface area contributed by atoms with Crippen LogP contribution in [0.3, 0.4) is 0 Å². The highest BCUT2D eigenvalue weighted by atomic mass is 16.5. The summed E-state index contributed by atoms with van der Waals surface area (Å²) in [5.74, 6) is 1.67. The molecule has 116 valence electrons.